The van der Waals surface area contributed by atoms with Gasteiger partial charge in [0, 0.05) is 16.6 Å². The molecule has 96 valence electrons. The Morgan fingerprint density at radius 1 is 1.35 bits per heavy atom. The van der Waals surface area contributed by atoms with Crippen LogP contribution in [0.2, 0.25) is 0 Å². The van der Waals surface area contributed by atoms with Crippen molar-refractivity contribution < 1.29 is 14.1 Å². The SMILES string of the molecule is CCCC[S@@](=O)C[C@@H](O)c1ccc(OC)cc1. The molecule has 1 aromatic rings. The van der Waals surface area contributed by atoms with Crippen molar-refractivity contribution in [1.29, 1.82) is 0 Å². The summed E-state index contributed by atoms with van der Waals surface area (Å²) in [5.41, 5.74) is 0.788. The first-order chi connectivity index (χ1) is 8.17. The van der Waals surface area contributed by atoms with Crippen molar-refractivity contribution in [2.24, 2.45) is 0 Å². The normalized spacial score (nSPS) is 14.3. The summed E-state index contributed by atoms with van der Waals surface area (Å²) in [6, 6.07) is 7.21. The number of hydrogen-bond donors (Lipinski definition) is 1. The predicted molar refractivity (Wildman–Crippen MR) is 70.7 cm³/mol. The van der Waals surface area contributed by atoms with Gasteiger partial charge in [-0.25, -0.2) is 0 Å². The molecular weight excluding hydrogens is 236 g/mol. The number of rotatable bonds is 7. The Morgan fingerprint density at radius 2 is 2.00 bits per heavy atom. The molecule has 0 aliphatic rings. The second kappa shape index (κ2) is 7.45. The van der Waals surface area contributed by atoms with Crippen molar-refractivity contribution in [2.75, 3.05) is 18.6 Å². The third kappa shape index (κ3) is 4.88. The van der Waals surface area contributed by atoms with Crippen molar-refractivity contribution in [1.82, 2.24) is 0 Å². The number of aliphatic hydroxyl groups is 1. The van der Waals surface area contributed by atoms with Gasteiger partial charge in [-0.2, -0.15) is 0 Å². The number of benzene rings is 1. The highest BCUT2D eigenvalue weighted by molar-refractivity contribution is 7.85. The summed E-state index contributed by atoms with van der Waals surface area (Å²) in [6.45, 7) is 2.07. The molecule has 4 heteroatoms. The Hall–Kier alpha value is -0.870. The molecule has 0 aromatic heterocycles. The van der Waals surface area contributed by atoms with Gasteiger partial charge in [0.1, 0.15) is 5.75 Å². The lowest BCUT2D eigenvalue weighted by atomic mass is 10.1. The highest BCUT2D eigenvalue weighted by Crippen LogP contribution is 2.18. The van der Waals surface area contributed by atoms with Gasteiger partial charge in [0.15, 0.2) is 0 Å². The lowest BCUT2D eigenvalue weighted by Gasteiger charge is -2.11. The standard InChI is InChI=1S/C13H20O3S/c1-3-4-9-17(15)10-13(14)11-5-7-12(16-2)8-6-11/h5-8,13-14H,3-4,9-10H2,1-2H3/t13-,17-/m1/s1. The molecule has 0 amide bonds. The minimum absolute atomic E-state index is 0.312. The second-order valence-electron chi connectivity index (χ2n) is 3.95. The Kier molecular flexibility index (Phi) is 6.22. The maximum absolute atomic E-state index is 11.6. The van der Waals surface area contributed by atoms with E-state index in [0.717, 1.165) is 24.2 Å². The molecule has 0 radical (unpaired) electrons. The van der Waals surface area contributed by atoms with Gasteiger partial charge >= 0.3 is 0 Å². The van der Waals surface area contributed by atoms with Crippen LogP contribution in [0, 0.1) is 0 Å². The topological polar surface area (TPSA) is 46.5 Å². The third-order valence-electron chi connectivity index (χ3n) is 2.57. The van der Waals surface area contributed by atoms with Crippen molar-refractivity contribution in [3.8, 4) is 5.75 Å². The van der Waals surface area contributed by atoms with Crippen LogP contribution in [-0.4, -0.2) is 27.9 Å². The van der Waals surface area contributed by atoms with Crippen molar-refractivity contribution >= 4 is 10.8 Å². The van der Waals surface area contributed by atoms with E-state index in [1.807, 2.05) is 0 Å². The largest absolute Gasteiger partial charge is 0.497 e. The van der Waals surface area contributed by atoms with E-state index in [1.54, 1.807) is 31.4 Å². The fraction of sp³-hybridized carbons (Fsp3) is 0.538. The van der Waals surface area contributed by atoms with E-state index >= 15 is 0 Å². The van der Waals surface area contributed by atoms with Gasteiger partial charge < -0.3 is 9.84 Å². The summed E-state index contributed by atoms with van der Waals surface area (Å²) in [6.07, 6.45) is 1.32. The number of hydrogen-bond acceptors (Lipinski definition) is 3. The molecule has 1 aromatic carbocycles. The van der Waals surface area contributed by atoms with Gasteiger partial charge in [-0.15, -0.1) is 0 Å². The molecule has 17 heavy (non-hydrogen) atoms. The molecule has 0 heterocycles. The Bertz CT molecular complexity index is 348. The van der Waals surface area contributed by atoms with Crippen LogP contribution >= 0.6 is 0 Å². The maximum Gasteiger partial charge on any atom is 0.118 e. The van der Waals surface area contributed by atoms with Crippen LogP contribution in [0.5, 0.6) is 5.75 Å². The van der Waals surface area contributed by atoms with Crippen LogP contribution in [-0.2, 0) is 10.8 Å². The monoisotopic (exact) mass is 256 g/mol. The summed E-state index contributed by atoms with van der Waals surface area (Å²) in [4.78, 5) is 0. The summed E-state index contributed by atoms with van der Waals surface area (Å²) < 4.78 is 16.7. The first-order valence-corrected chi connectivity index (χ1v) is 7.33. The average molecular weight is 256 g/mol. The molecule has 0 unspecified atom stereocenters. The maximum atomic E-state index is 11.6. The minimum Gasteiger partial charge on any atom is -0.497 e. The first kappa shape index (κ1) is 14.2. The first-order valence-electron chi connectivity index (χ1n) is 5.84. The predicted octanol–water partition coefficient (Wildman–Crippen LogP) is 2.28. The summed E-state index contributed by atoms with van der Waals surface area (Å²) in [7, 11) is 0.664. The number of ether oxygens (including phenoxy) is 1. The highest BCUT2D eigenvalue weighted by atomic mass is 32.2. The van der Waals surface area contributed by atoms with Crippen molar-refractivity contribution in [3.05, 3.63) is 29.8 Å². The van der Waals surface area contributed by atoms with Crippen molar-refractivity contribution in [3.63, 3.8) is 0 Å². The van der Waals surface area contributed by atoms with E-state index in [4.69, 9.17) is 4.74 Å². The molecule has 1 N–H and O–H groups in total. The Labute approximate surface area is 105 Å². The molecule has 0 fully saturated rings. The number of methoxy groups -OCH3 is 1. The highest BCUT2D eigenvalue weighted by Gasteiger charge is 2.11. The fourth-order valence-corrected chi connectivity index (χ4v) is 2.81. The molecule has 3 nitrogen and oxygen atoms in total. The summed E-state index contributed by atoms with van der Waals surface area (Å²) in [5.74, 6) is 1.74. The number of aliphatic hydroxyl groups excluding tert-OH is 1. The molecular formula is C13H20O3S. The quantitative estimate of drug-likeness (QED) is 0.814. The molecule has 2 atom stereocenters. The zero-order valence-electron chi connectivity index (χ0n) is 10.4. The molecule has 0 spiro atoms. The second-order valence-corrected chi connectivity index (χ2v) is 5.57. The van der Waals surface area contributed by atoms with Crippen LogP contribution in [0.1, 0.15) is 31.4 Å². The van der Waals surface area contributed by atoms with Crippen LogP contribution in [0.15, 0.2) is 24.3 Å². The van der Waals surface area contributed by atoms with Crippen LogP contribution < -0.4 is 4.74 Å². The van der Waals surface area contributed by atoms with Gasteiger partial charge in [-0.1, -0.05) is 25.5 Å². The van der Waals surface area contributed by atoms with Crippen molar-refractivity contribution in [2.45, 2.75) is 25.9 Å². The molecule has 0 bridgehead atoms. The van der Waals surface area contributed by atoms with E-state index in [-0.39, 0.29) is 0 Å². The molecule has 0 saturated carbocycles. The molecule has 1 rings (SSSR count). The summed E-state index contributed by atoms with van der Waals surface area (Å²) >= 11 is 0. The van der Waals surface area contributed by atoms with E-state index in [2.05, 4.69) is 6.92 Å². The molecule has 0 saturated heterocycles. The summed E-state index contributed by atoms with van der Waals surface area (Å²) in [5, 5.41) is 9.92. The van der Waals surface area contributed by atoms with Gasteiger partial charge in [-0.05, 0) is 24.1 Å². The minimum atomic E-state index is -0.939. The zero-order valence-corrected chi connectivity index (χ0v) is 11.2. The third-order valence-corrected chi connectivity index (χ3v) is 4.00. The Morgan fingerprint density at radius 3 is 2.53 bits per heavy atom. The molecule has 0 aliphatic carbocycles. The van der Waals surface area contributed by atoms with E-state index in [1.165, 1.54) is 0 Å². The van der Waals surface area contributed by atoms with Gasteiger partial charge in [-0.3, -0.25) is 4.21 Å². The lowest BCUT2D eigenvalue weighted by Crippen LogP contribution is -2.11. The Balaban J connectivity index is 2.51. The van der Waals surface area contributed by atoms with E-state index in [9.17, 15) is 9.32 Å². The fourth-order valence-electron chi connectivity index (χ4n) is 1.49. The van der Waals surface area contributed by atoms with Gasteiger partial charge in [0.25, 0.3) is 0 Å². The molecule has 0 aliphatic heterocycles. The van der Waals surface area contributed by atoms with Crippen LogP contribution in [0.25, 0.3) is 0 Å². The van der Waals surface area contributed by atoms with Gasteiger partial charge in [0.05, 0.1) is 19.0 Å². The average Bonchev–Trinajstić information content (AvgIpc) is 2.36. The van der Waals surface area contributed by atoms with Crippen LogP contribution in [0.3, 0.4) is 0 Å². The van der Waals surface area contributed by atoms with E-state index in [0.29, 0.717) is 11.5 Å². The van der Waals surface area contributed by atoms with Crippen LogP contribution in [0.4, 0.5) is 0 Å². The smallest absolute Gasteiger partial charge is 0.118 e. The van der Waals surface area contributed by atoms with Gasteiger partial charge in [0.2, 0.25) is 0 Å². The lowest BCUT2D eigenvalue weighted by molar-refractivity contribution is 0.203. The van der Waals surface area contributed by atoms with E-state index < -0.39 is 16.9 Å². The zero-order chi connectivity index (χ0) is 12.7. The number of unbranched alkanes of at least 4 members (excludes halogenated alkanes) is 1.